The van der Waals surface area contributed by atoms with Crippen molar-refractivity contribution in [3.63, 3.8) is 0 Å². The van der Waals surface area contributed by atoms with Crippen molar-refractivity contribution >= 4 is 22.4 Å². The van der Waals surface area contributed by atoms with Gasteiger partial charge < -0.3 is 5.11 Å². The number of fused-ring (bicyclic) bond motifs is 1. The third kappa shape index (κ3) is 3.65. The van der Waals surface area contributed by atoms with Crippen molar-refractivity contribution in [3.05, 3.63) is 70.7 Å². The van der Waals surface area contributed by atoms with Crippen LogP contribution >= 0.6 is 11.6 Å². The Hall–Kier alpha value is -1.83. The molecule has 0 radical (unpaired) electrons. The Morgan fingerprint density at radius 2 is 1.69 bits per heavy atom. The summed E-state index contributed by atoms with van der Waals surface area (Å²) >= 11 is 6.07. The van der Waals surface area contributed by atoms with Gasteiger partial charge in [-0.2, -0.15) is 0 Å². The zero-order valence-corrected chi connectivity index (χ0v) is 16.0. The minimum absolute atomic E-state index is 0.443. The van der Waals surface area contributed by atoms with E-state index >= 15 is 0 Å². The van der Waals surface area contributed by atoms with Crippen molar-refractivity contribution < 1.29 is 5.11 Å². The molecular formula is C24H25ClO. The van der Waals surface area contributed by atoms with Gasteiger partial charge in [0.15, 0.2) is 0 Å². The third-order valence-corrected chi connectivity index (χ3v) is 5.98. The zero-order chi connectivity index (χ0) is 18.1. The van der Waals surface area contributed by atoms with Gasteiger partial charge in [-0.25, -0.2) is 0 Å². The Balaban J connectivity index is 1.70. The van der Waals surface area contributed by atoms with E-state index < -0.39 is 5.60 Å². The second-order valence-corrected chi connectivity index (χ2v) is 8.24. The van der Waals surface area contributed by atoms with Crippen LogP contribution in [0.2, 0.25) is 5.02 Å². The lowest BCUT2D eigenvalue weighted by molar-refractivity contribution is 0.0391. The third-order valence-electron chi connectivity index (χ3n) is 5.73. The number of rotatable bonds is 4. The molecule has 0 spiro atoms. The minimum atomic E-state index is -0.443. The monoisotopic (exact) mass is 364 g/mol. The van der Waals surface area contributed by atoms with E-state index in [2.05, 4.69) is 49.4 Å². The van der Waals surface area contributed by atoms with E-state index in [-0.39, 0.29) is 0 Å². The summed E-state index contributed by atoms with van der Waals surface area (Å²) in [5.74, 6) is 0. The fourth-order valence-corrected chi connectivity index (χ4v) is 4.36. The van der Waals surface area contributed by atoms with Crippen molar-refractivity contribution in [1.82, 2.24) is 0 Å². The average Bonchev–Trinajstić information content (AvgIpc) is 3.07. The van der Waals surface area contributed by atoms with Gasteiger partial charge in [0.2, 0.25) is 0 Å². The molecule has 4 rings (SSSR count). The Bertz CT molecular complexity index is 921. The molecule has 0 bridgehead atoms. The first kappa shape index (κ1) is 17.6. The summed E-state index contributed by atoms with van der Waals surface area (Å²) in [4.78, 5) is 0. The van der Waals surface area contributed by atoms with E-state index in [1.807, 2.05) is 12.1 Å². The van der Waals surface area contributed by atoms with Gasteiger partial charge in [-0.3, -0.25) is 0 Å². The Kier molecular flexibility index (Phi) is 4.77. The SMILES string of the molecule is Cc1cc(-c2ccc(Cl)cc2)c2cc(CCC3(O)CCCC3)ccc2c1. The summed E-state index contributed by atoms with van der Waals surface area (Å²) in [5.41, 5.74) is 4.56. The first-order valence-corrected chi connectivity index (χ1v) is 9.92. The van der Waals surface area contributed by atoms with Crippen molar-refractivity contribution in [1.29, 1.82) is 0 Å². The van der Waals surface area contributed by atoms with Gasteiger partial charge >= 0.3 is 0 Å². The summed E-state index contributed by atoms with van der Waals surface area (Å²) in [6.07, 6.45) is 6.02. The Morgan fingerprint density at radius 1 is 0.962 bits per heavy atom. The van der Waals surface area contributed by atoms with Gasteiger partial charge in [0.25, 0.3) is 0 Å². The fourth-order valence-electron chi connectivity index (χ4n) is 4.24. The number of aliphatic hydroxyl groups is 1. The van der Waals surface area contributed by atoms with Gasteiger partial charge in [-0.05, 0) is 77.8 Å². The summed E-state index contributed by atoms with van der Waals surface area (Å²) in [6.45, 7) is 2.14. The van der Waals surface area contributed by atoms with Gasteiger partial charge in [-0.1, -0.05) is 66.9 Å². The lowest BCUT2D eigenvalue weighted by Gasteiger charge is -2.22. The molecule has 3 aromatic carbocycles. The van der Waals surface area contributed by atoms with Crippen molar-refractivity contribution in [2.75, 3.05) is 0 Å². The molecule has 0 amide bonds. The van der Waals surface area contributed by atoms with Crippen molar-refractivity contribution in [3.8, 4) is 11.1 Å². The number of halogens is 1. The standard InChI is InChI=1S/C24H25ClO/c1-17-14-20-5-4-18(10-13-24(26)11-2-3-12-24)16-23(20)22(15-17)19-6-8-21(25)9-7-19/h4-9,14-16,26H,2-3,10-13H2,1H3. The number of hydrogen-bond donors (Lipinski definition) is 1. The highest BCUT2D eigenvalue weighted by atomic mass is 35.5. The largest absolute Gasteiger partial charge is 0.390 e. The molecule has 2 heteroatoms. The number of hydrogen-bond acceptors (Lipinski definition) is 1. The topological polar surface area (TPSA) is 20.2 Å². The number of benzene rings is 3. The average molecular weight is 365 g/mol. The van der Waals surface area contributed by atoms with Gasteiger partial charge in [0.1, 0.15) is 0 Å². The Labute approximate surface area is 160 Å². The molecule has 1 aliphatic carbocycles. The first-order chi connectivity index (χ1) is 12.5. The van der Waals surface area contributed by atoms with Crippen LogP contribution in [-0.4, -0.2) is 10.7 Å². The molecule has 1 aliphatic rings. The molecule has 1 nitrogen and oxygen atoms in total. The maximum Gasteiger partial charge on any atom is 0.0651 e. The van der Waals surface area contributed by atoms with Crippen LogP contribution in [0.1, 0.15) is 43.2 Å². The van der Waals surface area contributed by atoms with E-state index in [0.717, 1.165) is 43.5 Å². The molecule has 0 aliphatic heterocycles. The molecule has 0 unspecified atom stereocenters. The molecule has 0 atom stereocenters. The van der Waals surface area contributed by atoms with Crippen LogP contribution in [-0.2, 0) is 6.42 Å². The molecule has 0 aromatic heterocycles. The van der Waals surface area contributed by atoms with E-state index in [4.69, 9.17) is 11.6 Å². The maximum absolute atomic E-state index is 10.6. The van der Waals surface area contributed by atoms with E-state index in [1.165, 1.54) is 33.0 Å². The van der Waals surface area contributed by atoms with Gasteiger partial charge in [0, 0.05) is 5.02 Å². The molecule has 1 N–H and O–H groups in total. The molecule has 0 saturated heterocycles. The lowest BCUT2D eigenvalue weighted by atomic mass is 9.90. The first-order valence-electron chi connectivity index (χ1n) is 9.54. The van der Waals surface area contributed by atoms with E-state index in [0.29, 0.717) is 0 Å². The maximum atomic E-state index is 10.6. The number of aryl methyl sites for hydroxylation is 2. The summed E-state index contributed by atoms with van der Waals surface area (Å²) in [5, 5.41) is 13.9. The Morgan fingerprint density at radius 3 is 2.42 bits per heavy atom. The van der Waals surface area contributed by atoms with Crippen LogP contribution in [0.4, 0.5) is 0 Å². The van der Waals surface area contributed by atoms with Crippen LogP contribution in [0.15, 0.2) is 54.6 Å². The van der Waals surface area contributed by atoms with Crippen molar-refractivity contribution in [2.45, 2.75) is 51.0 Å². The molecular weight excluding hydrogens is 340 g/mol. The van der Waals surface area contributed by atoms with E-state index in [1.54, 1.807) is 0 Å². The highest BCUT2D eigenvalue weighted by molar-refractivity contribution is 6.30. The highest BCUT2D eigenvalue weighted by Crippen LogP contribution is 2.35. The highest BCUT2D eigenvalue weighted by Gasteiger charge is 2.30. The summed E-state index contributed by atoms with van der Waals surface area (Å²) in [7, 11) is 0. The van der Waals surface area contributed by atoms with Gasteiger partial charge in [-0.15, -0.1) is 0 Å². The molecule has 0 heterocycles. The second-order valence-electron chi connectivity index (χ2n) is 7.81. The van der Waals surface area contributed by atoms with Crippen LogP contribution in [0.3, 0.4) is 0 Å². The fraction of sp³-hybridized carbons (Fsp3) is 0.333. The minimum Gasteiger partial charge on any atom is -0.390 e. The second kappa shape index (κ2) is 7.06. The predicted molar refractivity (Wildman–Crippen MR) is 111 cm³/mol. The predicted octanol–water partition coefficient (Wildman–Crippen LogP) is 6.71. The van der Waals surface area contributed by atoms with Crippen LogP contribution in [0.25, 0.3) is 21.9 Å². The molecule has 1 saturated carbocycles. The normalized spacial score (nSPS) is 16.3. The van der Waals surface area contributed by atoms with Crippen molar-refractivity contribution in [2.24, 2.45) is 0 Å². The van der Waals surface area contributed by atoms with Crippen LogP contribution in [0, 0.1) is 6.92 Å². The van der Waals surface area contributed by atoms with E-state index in [9.17, 15) is 5.11 Å². The quantitative estimate of drug-likeness (QED) is 0.545. The van der Waals surface area contributed by atoms with Crippen LogP contribution in [0.5, 0.6) is 0 Å². The molecule has 134 valence electrons. The zero-order valence-electron chi connectivity index (χ0n) is 15.3. The summed E-state index contributed by atoms with van der Waals surface area (Å²) in [6, 6.07) is 19.3. The summed E-state index contributed by atoms with van der Waals surface area (Å²) < 4.78 is 0. The lowest BCUT2D eigenvalue weighted by Crippen LogP contribution is -2.24. The van der Waals surface area contributed by atoms with Gasteiger partial charge in [0.05, 0.1) is 5.60 Å². The molecule has 1 fully saturated rings. The smallest absolute Gasteiger partial charge is 0.0651 e. The molecule has 3 aromatic rings. The van der Waals surface area contributed by atoms with Crippen LogP contribution < -0.4 is 0 Å². The molecule has 26 heavy (non-hydrogen) atoms.